The number of hydrogen-bond donors (Lipinski definition) is 3. The SMILES string of the molecule is Cc1ccc(NC(=O)CSC(C)C(=O)NCCC2CCCNC2)cc1.Cl. The fraction of sp³-hybridized carbons (Fsp3) is 0.579. The number of thioether (sulfide) groups is 1. The summed E-state index contributed by atoms with van der Waals surface area (Å²) < 4.78 is 0. The molecule has 26 heavy (non-hydrogen) atoms. The Labute approximate surface area is 166 Å². The monoisotopic (exact) mass is 399 g/mol. The van der Waals surface area contributed by atoms with Crippen molar-refractivity contribution in [1.82, 2.24) is 10.6 Å². The Morgan fingerprint density at radius 1 is 1.31 bits per heavy atom. The Balaban J connectivity index is 0.00000338. The van der Waals surface area contributed by atoms with Gasteiger partial charge in [0.25, 0.3) is 0 Å². The van der Waals surface area contributed by atoms with Crippen molar-refractivity contribution in [2.75, 3.05) is 30.7 Å². The lowest BCUT2D eigenvalue weighted by atomic mass is 9.96. The molecular weight excluding hydrogens is 370 g/mol. The highest BCUT2D eigenvalue weighted by atomic mass is 35.5. The number of amides is 2. The second-order valence-electron chi connectivity index (χ2n) is 6.66. The average Bonchev–Trinajstić information content (AvgIpc) is 2.62. The van der Waals surface area contributed by atoms with Crippen molar-refractivity contribution in [2.45, 2.75) is 38.4 Å². The number of benzene rings is 1. The summed E-state index contributed by atoms with van der Waals surface area (Å²) in [6, 6.07) is 7.68. The van der Waals surface area contributed by atoms with E-state index in [1.54, 1.807) is 0 Å². The summed E-state index contributed by atoms with van der Waals surface area (Å²) in [6.07, 6.45) is 3.48. The lowest BCUT2D eigenvalue weighted by molar-refractivity contribution is -0.120. The molecule has 0 bridgehead atoms. The van der Waals surface area contributed by atoms with Crippen LogP contribution in [-0.2, 0) is 9.59 Å². The number of carbonyl (C=O) groups is 2. The zero-order valence-corrected chi connectivity index (χ0v) is 17.2. The van der Waals surface area contributed by atoms with Crippen LogP contribution in [-0.4, -0.2) is 42.5 Å². The number of carbonyl (C=O) groups excluding carboxylic acids is 2. The van der Waals surface area contributed by atoms with E-state index in [0.717, 1.165) is 30.8 Å². The zero-order valence-electron chi connectivity index (χ0n) is 15.5. The molecule has 1 heterocycles. The summed E-state index contributed by atoms with van der Waals surface area (Å²) in [5.74, 6) is 0.866. The predicted octanol–water partition coefficient (Wildman–Crippen LogP) is 2.98. The molecular formula is C19H30ClN3O2S. The van der Waals surface area contributed by atoms with Gasteiger partial charge in [-0.25, -0.2) is 0 Å². The molecule has 0 spiro atoms. The number of anilines is 1. The van der Waals surface area contributed by atoms with E-state index in [2.05, 4.69) is 16.0 Å². The summed E-state index contributed by atoms with van der Waals surface area (Å²) >= 11 is 1.36. The lowest BCUT2D eigenvalue weighted by Crippen LogP contribution is -2.36. The molecule has 1 aliphatic rings. The molecule has 1 fully saturated rings. The summed E-state index contributed by atoms with van der Waals surface area (Å²) in [5.41, 5.74) is 1.94. The molecule has 7 heteroatoms. The van der Waals surface area contributed by atoms with Crippen LogP contribution >= 0.6 is 24.2 Å². The maximum atomic E-state index is 12.1. The maximum Gasteiger partial charge on any atom is 0.234 e. The van der Waals surface area contributed by atoms with Crippen LogP contribution in [0.1, 0.15) is 31.7 Å². The van der Waals surface area contributed by atoms with Crippen molar-refractivity contribution in [3.63, 3.8) is 0 Å². The normalized spacial score (nSPS) is 17.7. The standard InChI is InChI=1S/C19H29N3O2S.ClH/c1-14-5-7-17(8-6-14)22-18(23)13-25-15(2)19(24)21-11-9-16-4-3-10-20-12-16;/h5-8,15-16,20H,3-4,9-13H2,1-2H3,(H,21,24)(H,22,23);1H. The van der Waals surface area contributed by atoms with Gasteiger partial charge >= 0.3 is 0 Å². The Morgan fingerprint density at radius 3 is 2.69 bits per heavy atom. The number of aryl methyl sites for hydroxylation is 1. The minimum atomic E-state index is -0.228. The number of rotatable bonds is 8. The molecule has 0 aliphatic carbocycles. The van der Waals surface area contributed by atoms with E-state index in [4.69, 9.17) is 0 Å². The van der Waals surface area contributed by atoms with E-state index in [9.17, 15) is 9.59 Å². The van der Waals surface area contributed by atoms with Crippen LogP contribution in [0.4, 0.5) is 5.69 Å². The van der Waals surface area contributed by atoms with Gasteiger partial charge in [0.15, 0.2) is 0 Å². The first-order chi connectivity index (χ1) is 12.0. The lowest BCUT2D eigenvalue weighted by Gasteiger charge is -2.23. The third-order valence-electron chi connectivity index (χ3n) is 4.42. The number of halogens is 1. The Hall–Kier alpha value is -1.24. The minimum absolute atomic E-state index is 0. The molecule has 146 valence electrons. The van der Waals surface area contributed by atoms with Gasteiger partial charge in [-0.2, -0.15) is 0 Å². The number of nitrogens with one attached hydrogen (secondary N) is 3. The quantitative estimate of drug-likeness (QED) is 0.628. The van der Waals surface area contributed by atoms with Crippen molar-refractivity contribution in [3.05, 3.63) is 29.8 Å². The van der Waals surface area contributed by atoms with Crippen molar-refractivity contribution >= 4 is 41.7 Å². The van der Waals surface area contributed by atoms with Crippen molar-refractivity contribution in [1.29, 1.82) is 0 Å². The molecule has 5 nitrogen and oxygen atoms in total. The Bertz CT molecular complexity index is 562. The molecule has 0 aromatic heterocycles. The topological polar surface area (TPSA) is 70.2 Å². The fourth-order valence-electron chi connectivity index (χ4n) is 2.82. The first-order valence-electron chi connectivity index (χ1n) is 9.01. The second kappa shape index (κ2) is 12.2. The first kappa shape index (κ1) is 22.8. The van der Waals surface area contributed by atoms with Crippen LogP contribution in [0.5, 0.6) is 0 Å². The van der Waals surface area contributed by atoms with Gasteiger partial charge in [-0.1, -0.05) is 17.7 Å². The fourth-order valence-corrected chi connectivity index (χ4v) is 3.53. The number of hydrogen-bond acceptors (Lipinski definition) is 4. The summed E-state index contributed by atoms with van der Waals surface area (Å²) in [6.45, 7) is 6.74. The van der Waals surface area contributed by atoms with Crippen LogP contribution < -0.4 is 16.0 Å². The molecule has 2 rings (SSSR count). The molecule has 1 aromatic carbocycles. The highest BCUT2D eigenvalue weighted by molar-refractivity contribution is 8.01. The molecule has 3 N–H and O–H groups in total. The van der Waals surface area contributed by atoms with Crippen molar-refractivity contribution in [3.8, 4) is 0 Å². The smallest absolute Gasteiger partial charge is 0.234 e. The van der Waals surface area contributed by atoms with Crippen LogP contribution in [0.25, 0.3) is 0 Å². The zero-order chi connectivity index (χ0) is 18.1. The van der Waals surface area contributed by atoms with Crippen molar-refractivity contribution in [2.24, 2.45) is 5.92 Å². The van der Waals surface area contributed by atoms with Gasteiger partial charge in [0.1, 0.15) is 0 Å². The average molecular weight is 400 g/mol. The molecule has 0 radical (unpaired) electrons. The molecule has 2 amide bonds. The maximum absolute atomic E-state index is 12.1. The van der Waals surface area contributed by atoms with Crippen LogP contribution in [0.15, 0.2) is 24.3 Å². The highest BCUT2D eigenvalue weighted by Crippen LogP contribution is 2.15. The highest BCUT2D eigenvalue weighted by Gasteiger charge is 2.17. The molecule has 0 saturated carbocycles. The van der Waals surface area contributed by atoms with Gasteiger partial charge < -0.3 is 16.0 Å². The van der Waals surface area contributed by atoms with Gasteiger partial charge in [0.05, 0.1) is 11.0 Å². The van der Waals surface area contributed by atoms with E-state index >= 15 is 0 Å². The summed E-state index contributed by atoms with van der Waals surface area (Å²) in [7, 11) is 0. The van der Waals surface area contributed by atoms with E-state index in [1.165, 1.54) is 24.6 Å². The Morgan fingerprint density at radius 2 is 2.04 bits per heavy atom. The van der Waals surface area contributed by atoms with E-state index in [0.29, 0.717) is 12.5 Å². The first-order valence-corrected chi connectivity index (χ1v) is 10.1. The van der Waals surface area contributed by atoms with Crippen LogP contribution in [0.2, 0.25) is 0 Å². The molecule has 2 unspecified atom stereocenters. The summed E-state index contributed by atoms with van der Waals surface area (Å²) in [5, 5.41) is 9.00. The largest absolute Gasteiger partial charge is 0.355 e. The van der Waals surface area contributed by atoms with Crippen LogP contribution in [0.3, 0.4) is 0 Å². The van der Waals surface area contributed by atoms with E-state index in [1.807, 2.05) is 38.1 Å². The predicted molar refractivity (Wildman–Crippen MR) is 112 cm³/mol. The van der Waals surface area contributed by atoms with E-state index < -0.39 is 0 Å². The van der Waals surface area contributed by atoms with Crippen LogP contribution in [0, 0.1) is 12.8 Å². The summed E-state index contributed by atoms with van der Waals surface area (Å²) in [4.78, 5) is 24.1. The van der Waals surface area contributed by atoms with Gasteiger partial charge in [0.2, 0.25) is 11.8 Å². The van der Waals surface area contributed by atoms with E-state index in [-0.39, 0.29) is 35.2 Å². The Kier molecular flexibility index (Phi) is 10.7. The molecule has 1 aliphatic heterocycles. The minimum Gasteiger partial charge on any atom is -0.355 e. The number of piperidine rings is 1. The van der Waals surface area contributed by atoms with Gasteiger partial charge in [-0.3, -0.25) is 9.59 Å². The third kappa shape index (κ3) is 8.43. The van der Waals surface area contributed by atoms with Gasteiger partial charge in [-0.15, -0.1) is 24.2 Å². The van der Waals surface area contributed by atoms with Crippen molar-refractivity contribution < 1.29 is 9.59 Å². The van der Waals surface area contributed by atoms with Gasteiger partial charge in [0, 0.05) is 12.2 Å². The second-order valence-corrected chi connectivity index (χ2v) is 7.99. The molecule has 1 aromatic rings. The molecule has 1 saturated heterocycles. The molecule has 2 atom stereocenters. The van der Waals surface area contributed by atoms with Gasteiger partial charge in [-0.05, 0) is 64.3 Å². The third-order valence-corrected chi connectivity index (χ3v) is 5.56.